The number of benzene rings is 3. The number of phenols is 1. The van der Waals surface area contributed by atoms with Gasteiger partial charge in [-0.25, -0.2) is 4.79 Å². The van der Waals surface area contributed by atoms with Gasteiger partial charge in [-0.3, -0.25) is 24.1 Å². The highest BCUT2D eigenvalue weighted by Gasteiger charge is 2.40. The summed E-state index contributed by atoms with van der Waals surface area (Å²) in [6.07, 6.45) is -0.0562. The summed E-state index contributed by atoms with van der Waals surface area (Å²) < 4.78 is 11.2. The Kier molecular flexibility index (Phi) is 17.5. The van der Waals surface area contributed by atoms with E-state index in [4.69, 9.17) is 9.47 Å². The lowest BCUT2D eigenvalue weighted by atomic mass is 9.85. The van der Waals surface area contributed by atoms with Crippen LogP contribution in [0.25, 0.3) is 0 Å². The number of nitrogens with zero attached hydrogens (tertiary/aromatic N) is 3. The lowest BCUT2D eigenvalue weighted by molar-refractivity contribution is -0.163. The van der Waals surface area contributed by atoms with E-state index in [1.807, 2.05) is 90.1 Å². The standard InChI is InChI=1S/C46H63N3O8/c1-12-32(6)42(57-46(55)39(47(7)8)26-33-17-13-30(4)14-18-33)41(51)28-37(29(2)3)43(52)48(9)38(25-35-21-23-36(50)24-22-35)44(53)49(10)40(45(54)56-11)27-34-19-15-31(5)16-20-34/h13-24,29,32,37-40,42,50H,12,25-28H2,1-11H3/t32-,37-,38+,39-,40+,42+/m0/s1. The molecule has 0 saturated carbocycles. The van der Waals surface area contributed by atoms with E-state index in [0.29, 0.717) is 18.4 Å². The van der Waals surface area contributed by atoms with E-state index in [1.54, 1.807) is 31.1 Å². The van der Waals surface area contributed by atoms with E-state index in [0.717, 1.165) is 22.3 Å². The number of carbonyl (C=O) groups is 5. The first kappa shape index (κ1) is 46.4. The molecule has 0 saturated heterocycles. The second-order valence-electron chi connectivity index (χ2n) is 15.9. The van der Waals surface area contributed by atoms with Gasteiger partial charge in [0.2, 0.25) is 11.8 Å². The van der Waals surface area contributed by atoms with Crippen molar-refractivity contribution in [3.05, 3.63) is 101 Å². The van der Waals surface area contributed by atoms with Crippen molar-refractivity contribution in [3.63, 3.8) is 0 Å². The van der Waals surface area contributed by atoms with Crippen LogP contribution in [-0.2, 0) is 52.7 Å². The van der Waals surface area contributed by atoms with Crippen LogP contribution in [0.2, 0.25) is 0 Å². The quantitative estimate of drug-likeness (QED) is 0.137. The number of hydrogen-bond donors (Lipinski definition) is 1. The molecule has 3 aromatic rings. The van der Waals surface area contributed by atoms with Crippen molar-refractivity contribution in [2.75, 3.05) is 35.3 Å². The summed E-state index contributed by atoms with van der Waals surface area (Å²) in [5, 5.41) is 9.95. The third-order valence-electron chi connectivity index (χ3n) is 11.0. The van der Waals surface area contributed by atoms with Gasteiger partial charge in [-0.1, -0.05) is 99.5 Å². The molecule has 3 rings (SSSR count). The molecule has 0 aromatic heterocycles. The second-order valence-corrected chi connectivity index (χ2v) is 15.9. The van der Waals surface area contributed by atoms with Crippen LogP contribution in [0.5, 0.6) is 5.75 Å². The average Bonchev–Trinajstić information content (AvgIpc) is 3.19. The van der Waals surface area contributed by atoms with Gasteiger partial charge in [0, 0.05) is 45.2 Å². The first-order valence-electron chi connectivity index (χ1n) is 19.8. The third kappa shape index (κ3) is 13.0. The molecule has 0 heterocycles. The van der Waals surface area contributed by atoms with Gasteiger partial charge in [0.15, 0.2) is 11.9 Å². The van der Waals surface area contributed by atoms with E-state index < -0.39 is 53.9 Å². The lowest BCUT2D eigenvalue weighted by Gasteiger charge is -2.36. The second kappa shape index (κ2) is 21.5. The van der Waals surface area contributed by atoms with Gasteiger partial charge in [0.1, 0.15) is 23.9 Å². The number of aromatic hydroxyl groups is 1. The average molecular weight is 786 g/mol. The molecule has 2 amide bonds. The minimum absolute atomic E-state index is 0.0500. The fourth-order valence-corrected chi connectivity index (χ4v) is 6.79. The lowest BCUT2D eigenvalue weighted by Crippen LogP contribution is -2.55. The minimum atomic E-state index is -1.08. The van der Waals surface area contributed by atoms with Crippen LogP contribution >= 0.6 is 0 Å². The molecule has 0 spiro atoms. The normalized spacial score (nSPS) is 14.5. The van der Waals surface area contributed by atoms with Crippen molar-refractivity contribution in [1.82, 2.24) is 14.7 Å². The molecular weight excluding hydrogens is 723 g/mol. The monoisotopic (exact) mass is 785 g/mol. The summed E-state index contributed by atoms with van der Waals surface area (Å²) in [4.78, 5) is 74.7. The molecule has 0 radical (unpaired) electrons. The highest BCUT2D eigenvalue weighted by Crippen LogP contribution is 2.26. The maximum Gasteiger partial charge on any atom is 0.328 e. The molecule has 57 heavy (non-hydrogen) atoms. The first-order chi connectivity index (χ1) is 26.9. The van der Waals surface area contributed by atoms with Gasteiger partial charge in [-0.2, -0.15) is 0 Å². The number of ether oxygens (including phenoxy) is 2. The van der Waals surface area contributed by atoms with Gasteiger partial charge in [-0.15, -0.1) is 0 Å². The van der Waals surface area contributed by atoms with Crippen molar-refractivity contribution >= 4 is 29.5 Å². The third-order valence-corrected chi connectivity index (χ3v) is 11.0. The van der Waals surface area contributed by atoms with E-state index in [2.05, 4.69) is 0 Å². The Morgan fingerprint density at radius 3 is 1.51 bits per heavy atom. The van der Waals surface area contributed by atoms with Crippen molar-refractivity contribution in [3.8, 4) is 5.75 Å². The number of aryl methyl sites for hydroxylation is 2. The fraction of sp³-hybridized carbons (Fsp3) is 0.500. The molecule has 0 bridgehead atoms. The van der Waals surface area contributed by atoms with Crippen LogP contribution in [-0.4, -0.2) is 109 Å². The van der Waals surface area contributed by atoms with Crippen molar-refractivity contribution < 1.29 is 38.6 Å². The van der Waals surface area contributed by atoms with Crippen LogP contribution in [0.1, 0.15) is 68.4 Å². The number of ketones is 1. The molecular formula is C46H63N3O8. The highest BCUT2D eigenvalue weighted by molar-refractivity contribution is 5.94. The zero-order valence-electron chi connectivity index (χ0n) is 35.7. The van der Waals surface area contributed by atoms with Crippen LogP contribution in [0.3, 0.4) is 0 Å². The topological polar surface area (TPSA) is 134 Å². The van der Waals surface area contributed by atoms with Gasteiger partial charge >= 0.3 is 11.9 Å². The number of methoxy groups -OCH3 is 1. The molecule has 1 N–H and O–H groups in total. The molecule has 310 valence electrons. The number of Topliss-reactive ketones (excluding diaryl/α,β-unsaturated/α-hetero) is 1. The number of amides is 2. The van der Waals surface area contributed by atoms with Gasteiger partial charge in [0.25, 0.3) is 0 Å². The Balaban J connectivity index is 1.93. The van der Waals surface area contributed by atoms with E-state index in [1.165, 1.54) is 43.1 Å². The number of esters is 2. The van der Waals surface area contributed by atoms with Gasteiger partial charge < -0.3 is 24.4 Å². The predicted molar refractivity (Wildman–Crippen MR) is 221 cm³/mol. The van der Waals surface area contributed by atoms with Crippen LogP contribution in [0.15, 0.2) is 72.8 Å². The molecule has 0 aliphatic heterocycles. The maximum absolute atomic E-state index is 14.6. The molecule has 3 aromatic carbocycles. The molecule has 0 aliphatic rings. The van der Waals surface area contributed by atoms with E-state index in [9.17, 15) is 29.1 Å². The molecule has 0 aliphatic carbocycles. The molecule has 6 atom stereocenters. The Morgan fingerprint density at radius 1 is 0.632 bits per heavy atom. The fourth-order valence-electron chi connectivity index (χ4n) is 6.79. The van der Waals surface area contributed by atoms with Gasteiger partial charge in [-0.05, 0) is 75.5 Å². The number of carbonyl (C=O) groups excluding carboxylic acids is 5. The number of hydrogen-bond acceptors (Lipinski definition) is 9. The Morgan fingerprint density at radius 2 is 1.07 bits per heavy atom. The van der Waals surface area contributed by atoms with Crippen LogP contribution in [0.4, 0.5) is 0 Å². The van der Waals surface area contributed by atoms with E-state index >= 15 is 0 Å². The summed E-state index contributed by atoms with van der Waals surface area (Å²) in [7, 11) is 7.92. The minimum Gasteiger partial charge on any atom is -0.508 e. The largest absolute Gasteiger partial charge is 0.508 e. The first-order valence-corrected chi connectivity index (χ1v) is 19.8. The SMILES string of the molecule is CC[C@H](C)[C@@H](OC(=O)[C@H](Cc1ccc(C)cc1)N(C)C)C(=O)C[C@H](C(=O)N(C)[C@H](Cc1ccc(O)cc1)C(=O)N(C)[C@H](Cc1ccc(C)cc1)C(=O)OC)C(C)C. The van der Waals surface area contributed by atoms with Gasteiger partial charge in [0.05, 0.1) is 7.11 Å². The number of rotatable bonds is 20. The highest BCUT2D eigenvalue weighted by atomic mass is 16.5. The van der Waals surface area contributed by atoms with E-state index in [-0.39, 0.29) is 42.6 Å². The van der Waals surface area contributed by atoms with Crippen LogP contribution in [0, 0.1) is 31.6 Å². The summed E-state index contributed by atoms with van der Waals surface area (Å²) in [6, 6.07) is 19.2. The van der Waals surface area contributed by atoms with Crippen LogP contribution < -0.4 is 0 Å². The number of phenolic OH excluding ortho intramolecular Hbond substituents is 1. The summed E-state index contributed by atoms with van der Waals surface area (Å²) >= 11 is 0. The summed E-state index contributed by atoms with van der Waals surface area (Å²) in [6.45, 7) is 11.4. The number of likely N-dealkylation sites (N-methyl/N-ethyl adjacent to an activating group) is 3. The Labute approximate surface area is 339 Å². The van der Waals surface area contributed by atoms with Crippen molar-refractivity contribution in [2.24, 2.45) is 17.8 Å². The van der Waals surface area contributed by atoms with Crippen molar-refractivity contribution in [2.45, 2.75) is 97.9 Å². The molecule has 11 nitrogen and oxygen atoms in total. The zero-order valence-corrected chi connectivity index (χ0v) is 35.7. The van der Waals surface area contributed by atoms with Crippen molar-refractivity contribution in [1.29, 1.82) is 0 Å². The summed E-state index contributed by atoms with van der Waals surface area (Å²) in [5.41, 5.74) is 4.63. The molecule has 11 heteroatoms. The predicted octanol–water partition coefficient (Wildman–Crippen LogP) is 5.98. The Hall–Kier alpha value is -5.03. The smallest absolute Gasteiger partial charge is 0.328 e. The molecule has 0 fully saturated rings. The molecule has 0 unspecified atom stereocenters. The summed E-state index contributed by atoms with van der Waals surface area (Å²) in [5.74, 6) is -3.85. The zero-order chi connectivity index (χ0) is 42.6. The Bertz CT molecular complexity index is 1790. The maximum atomic E-state index is 14.6.